The normalized spacial score (nSPS) is 12.6. The summed E-state index contributed by atoms with van der Waals surface area (Å²) in [5.74, 6) is -0.677. The Bertz CT molecular complexity index is 614. The topological polar surface area (TPSA) is 102 Å². The van der Waals surface area contributed by atoms with E-state index in [4.69, 9.17) is 4.74 Å². The molecule has 0 saturated heterocycles. The number of hydrogen-bond donors (Lipinski definition) is 1. The molecule has 0 radical (unpaired) electrons. The third-order valence-corrected chi connectivity index (χ3v) is 3.11. The summed E-state index contributed by atoms with van der Waals surface area (Å²) < 4.78 is 4.82. The molecule has 8 nitrogen and oxygen atoms in total. The van der Waals surface area contributed by atoms with E-state index in [-0.39, 0.29) is 36.9 Å². The molecule has 2 rings (SSSR count). The summed E-state index contributed by atoms with van der Waals surface area (Å²) in [6.45, 7) is 1.82. The molecule has 1 amide bonds. The van der Waals surface area contributed by atoms with Gasteiger partial charge in [0.05, 0.1) is 18.0 Å². The van der Waals surface area contributed by atoms with E-state index >= 15 is 0 Å². The van der Waals surface area contributed by atoms with Gasteiger partial charge in [-0.05, 0) is 18.6 Å². The molecule has 8 heteroatoms. The van der Waals surface area contributed by atoms with Gasteiger partial charge >= 0.3 is 5.97 Å². The van der Waals surface area contributed by atoms with Crippen molar-refractivity contribution in [3.05, 3.63) is 27.8 Å². The molecule has 0 unspecified atom stereocenters. The van der Waals surface area contributed by atoms with Crippen LogP contribution in [0.4, 0.5) is 17.1 Å². The number of hydrogen-bond acceptors (Lipinski definition) is 6. The molecule has 0 aromatic heterocycles. The molecule has 21 heavy (non-hydrogen) atoms. The minimum absolute atomic E-state index is 0.110. The number of anilines is 2. The molecule has 1 heterocycles. The summed E-state index contributed by atoms with van der Waals surface area (Å²) in [6.07, 6.45) is 0.123. The average molecular weight is 293 g/mol. The molecule has 1 aromatic carbocycles. The molecule has 0 spiro atoms. The molecule has 0 aliphatic carbocycles. The van der Waals surface area contributed by atoms with Gasteiger partial charge in [0.15, 0.2) is 0 Å². The van der Waals surface area contributed by atoms with Crippen LogP contribution < -0.4 is 10.2 Å². The largest absolute Gasteiger partial charge is 0.465 e. The van der Waals surface area contributed by atoms with Crippen molar-refractivity contribution >= 4 is 28.9 Å². The number of rotatable bonds is 5. The highest BCUT2D eigenvalue weighted by Crippen LogP contribution is 2.36. The number of ether oxygens (including phenoxy) is 1. The lowest BCUT2D eigenvalue weighted by molar-refractivity contribution is -0.384. The predicted octanol–water partition coefficient (Wildman–Crippen LogP) is 1.09. The highest BCUT2D eigenvalue weighted by Gasteiger charge is 2.26. The molecule has 1 aliphatic heterocycles. The van der Waals surface area contributed by atoms with Gasteiger partial charge in [0, 0.05) is 18.8 Å². The van der Waals surface area contributed by atoms with E-state index in [9.17, 15) is 19.7 Å². The first-order valence-corrected chi connectivity index (χ1v) is 6.40. The summed E-state index contributed by atoms with van der Waals surface area (Å²) in [4.78, 5) is 34.9. The standard InChI is InChI=1S/C13H15N3O5/c1-3-21-13(18)7-15(2)10-6-9-8(5-12(17)14-9)4-11(10)16(19)20/h4,6H,3,5,7H2,1-2H3,(H,14,17). The van der Waals surface area contributed by atoms with E-state index < -0.39 is 10.9 Å². The lowest BCUT2D eigenvalue weighted by Crippen LogP contribution is -2.27. The minimum Gasteiger partial charge on any atom is -0.465 e. The number of nitro groups is 1. The van der Waals surface area contributed by atoms with Gasteiger partial charge in [-0.2, -0.15) is 0 Å². The number of amides is 1. The van der Waals surface area contributed by atoms with Crippen molar-refractivity contribution in [3.8, 4) is 0 Å². The van der Waals surface area contributed by atoms with Crippen molar-refractivity contribution in [2.75, 3.05) is 30.4 Å². The summed E-state index contributed by atoms with van der Waals surface area (Å²) >= 11 is 0. The van der Waals surface area contributed by atoms with E-state index in [2.05, 4.69) is 5.32 Å². The van der Waals surface area contributed by atoms with Crippen molar-refractivity contribution in [1.29, 1.82) is 0 Å². The minimum atomic E-state index is -0.528. The Hall–Kier alpha value is -2.64. The molecule has 1 aromatic rings. The van der Waals surface area contributed by atoms with Crippen LogP contribution in [0.2, 0.25) is 0 Å². The molecule has 0 atom stereocenters. The fourth-order valence-electron chi connectivity index (χ4n) is 2.19. The molecule has 0 fully saturated rings. The Morgan fingerprint density at radius 2 is 2.24 bits per heavy atom. The first-order valence-electron chi connectivity index (χ1n) is 6.40. The van der Waals surface area contributed by atoms with E-state index in [1.165, 1.54) is 17.0 Å². The molecule has 1 N–H and O–H groups in total. The van der Waals surface area contributed by atoms with Crippen LogP contribution in [-0.4, -0.2) is 37.0 Å². The van der Waals surface area contributed by atoms with E-state index in [1.54, 1.807) is 14.0 Å². The fraction of sp³-hybridized carbons (Fsp3) is 0.385. The predicted molar refractivity (Wildman–Crippen MR) is 75.3 cm³/mol. The van der Waals surface area contributed by atoms with Crippen molar-refractivity contribution in [2.24, 2.45) is 0 Å². The number of nitro benzene ring substituents is 1. The van der Waals surface area contributed by atoms with E-state index in [0.717, 1.165) is 0 Å². The third kappa shape index (κ3) is 3.10. The van der Waals surface area contributed by atoms with Gasteiger partial charge in [0.25, 0.3) is 5.69 Å². The number of benzene rings is 1. The maximum absolute atomic E-state index is 11.5. The Morgan fingerprint density at radius 1 is 1.52 bits per heavy atom. The number of likely N-dealkylation sites (N-methyl/N-ethyl adjacent to an activating group) is 1. The third-order valence-electron chi connectivity index (χ3n) is 3.11. The zero-order valence-electron chi connectivity index (χ0n) is 11.7. The van der Waals surface area contributed by atoms with Crippen LogP contribution in [0, 0.1) is 10.1 Å². The first-order chi connectivity index (χ1) is 9.92. The van der Waals surface area contributed by atoms with Crippen LogP contribution in [0.1, 0.15) is 12.5 Å². The lowest BCUT2D eigenvalue weighted by atomic mass is 10.1. The monoisotopic (exact) mass is 293 g/mol. The summed E-state index contributed by atoms with van der Waals surface area (Å²) in [7, 11) is 1.56. The number of nitrogens with one attached hydrogen (secondary N) is 1. The molecule has 0 bridgehead atoms. The molecule has 112 valence electrons. The Labute approximate surface area is 120 Å². The number of fused-ring (bicyclic) bond motifs is 1. The van der Waals surface area contributed by atoms with Gasteiger partial charge in [0.1, 0.15) is 12.2 Å². The van der Waals surface area contributed by atoms with Crippen molar-refractivity contribution in [1.82, 2.24) is 0 Å². The second kappa shape index (κ2) is 5.78. The van der Waals surface area contributed by atoms with Gasteiger partial charge in [0.2, 0.25) is 5.91 Å². The van der Waals surface area contributed by atoms with Crippen LogP contribution in [0.5, 0.6) is 0 Å². The number of esters is 1. The van der Waals surface area contributed by atoms with Crippen molar-refractivity contribution in [3.63, 3.8) is 0 Å². The first kappa shape index (κ1) is 14.8. The van der Waals surface area contributed by atoms with Gasteiger partial charge in [-0.3, -0.25) is 19.7 Å². The lowest BCUT2D eigenvalue weighted by Gasteiger charge is -2.18. The van der Waals surface area contributed by atoms with Crippen LogP contribution >= 0.6 is 0 Å². The maximum atomic E-state index is 11.5. The van der Waals surface area contributed by atoms with Gasteiger partial charge in [-0.25, -0.2) is 0 Å². The van der Waals surface area contributed by atoms with E-state index in [0.29, 0.717) is 11.3 Å². The Kier molecular flexibility index (Phi) is 4.06. The average Bonchev–Trinajstić information content (AvgIpc) is 2.76. The fourth-order valence-corrected chi connectivity index (χ4v) is 2.19. The highest BCUT2D eigenvalue weighted by atomic mass is 16.6. The number of carbonyl (C=O) groups excluding carboxylic acids is 2. The Morgan fingerprint density at radius 3 is 2.86 bits per heavy atom. The number of nitrogens with zero attached hydrogens (tertiary/aromatic N) is 2. The second-order valence-corrected chi connectivity index (χ2v) is 4.64. The zero-order chi connectivity index (χ0) is 15.6. The van der Waals surface area contributed by atoms with E-state index in [1.807, 2.05) is 0 Å². The molecule has 0 saturated carbocycles. The van der Waals surface area contributed by atoms with Crippen molar-refractivity contribution in [2.45, 2.75) is 13.3 Å². The quantitative estimate of drug-likeness (QED) is 0.495. The second-order valence-electron chi connectivity index (χ2n) is 4.64. The smallest absolute Gasteiger partial charge is 0.325 e. The van der Waals surface area contributed by atoms with Crippen LogP contribution in [0.25, 0.3) is 0 Å². The van der Waals surface area contributed by atoms with Gasteiger partial charge in [-0.1, -0.05) is 0 Å². The van der Waals surface area contributed by atoms with Crippen LogP contribution in [-0.2, 0) is 20.7 Å². The van der Waals surface area contributed by atoms with Crippen molar-refractivity contribution < 1.29 is 19.2 Å². The van der Waals surface area contributed by atoms with Crippen LogP contribution in [0.3, 0.4) is 0 Å². The summed E-state index contributed by atoms with van der Waals surface area (Å²) in [5, 5.41) is 13.8. The van der Waals surface area contributed by atoms with Crippen LogP contribution in [0.15, 0.2) is 12.1 Å². The SMILES string of the molecule is CCOC(=O)CN(C)c1cc2c(cc1[N+](=O)[O-])CC(=O)N2. The zero-order valence-corrected chi connectivity index (χ0v) is 11.7. The summed E-state index contributed by atoms with van der Waals surface area (Å²) in [5.41, 5.74) is 1.24. The molecular weight excluding hydrogens is 278 g/mol. The number of carbonyl (C=O) groups is 2. The Balaban J connectivity index is 2.33. The van der Waals surface area contributed by atoms with Gasteiger partial charge < -0.3 is 15.0 Å². The molecular formula is C13H15N3O5. The highest BCUT2D eigenvalue weighted by molar-refractivity contribution is 6.00. The van der Waals surface area contributed by atoms with Gasteiger partial charge in [-0.15, -0.1) is 0 Å². The molecule has 1 aliphatic rings. The maximum Gasteiger partial charge on any atom is 0.325 e. The summed E-state index contributed by atoms with van der Waals surface area (Å²) in [6, 6.07) is 2.88.